The minimum absolute atomic E-state index is 0.0554. The van der Waals surface area contributed by atoms with Crippen molar-refractivity contribution in [1.82, 2.24) is 5.43 Å². The fourth-order valence-corrected chi connectivity index (χ4v) is 2.73. The fraction of sp³-hybridized carbons (Fsp3) is 0.538. The normalized spacial score (nSPS) is 18.7. The standard InChI is InChI=1S/C13H18BrFN2O/c1-18-13(9-3-4-9)12(17-16)7-8-2-5-11(15)10(14)6-8/h2,5-6,9,12-13,17H,3-4,7,16H2,1H3. The van der Waals surface area contributed by atoms with E-state index in [2.05, 4.69) is 21.4 Å². The van der Waals surface area contributed by atoms with Crippen LogP contribution in [-0.2, 0) is 11.2 Å². The van der Waals surface area contributed by atoms with Crippen LogP contribution in [0.2, 0.25) is 0 Å². The summed E-state index contributed by atoms with van der Waals surface area (Å²) in [4.78, 5) is 0. The maximum Gasteiger partial charge on any atom is 0.137 e. The van der Waals surface area contributed by atoms with Crippen LogP contribution < -0.4 is 11.3 Å². The van der Waals surface area contributed by atoms with Crippen molar-refractivity contribution in [3.05, 3.63) is 34.1 Å². The van der Waals surface area contributed by atoms with E-state index in [0.29, 0.717) is 10.4 Å². The van der Waals surface area contributed by atoms with Gasteiger partial charge in [-0.2, -0.15) is 0 Å². The Hall–Kier alpha value is -0.490. The molecule has 0 aromatic heterocycles. The predicted octanol–water partition coefficient (Wildman–Crippen LogP) is 2.39. The number of ether oxygens (including phenoxy) is 1. The molecule has 100 valence electrons. The topological polar surface area (TPSA) is 47.3 Å². The number of hydrogen-bond acceptors (Lipinski definition) is 3. The number of rotatable bonds is 6. The number of methoxy groups -OCH3 is 1. The number of nitrogens with two attached hydrogens (primary N) is 1. The van der Waals surface area contributed by atoms with Gasteiger partial charge >= 0.3 is 0 Å². The van der Waals surface area contributed by atoms with Crippen molar-refractivity contribution in [1.29, 1.82) is 0 Å². The third kappa shape index (κ3) is 3.29. The van der Waals surface area contributed by atoms with Gasteiger partial charge in [0, 0.05) is 7.11 Å². The van der Waals surface area contributed by atoms with Gasteiger partial charge in [-0.15, -0.1) is 0 Å². The number of hydrogen-bond donors (Lipinski definition) is 2. The Morgan fingerprint density at radius 2 is 2.28 bits per heavy atom. The molecule has 1 fully saturated rings. The maximum atomic E-state index is 13.2. The molecular formula is C13H18BrFN2O. The molecule has 1 aliphatic carbocycles. The smallest absolute Gasteiger partial charge is 0.137 e. The van der Waals surface area contributed by atoms with Gasteiger partial charge in [0.05, 0.1) is 16.6 Å². The second kappa shape index (κ2) is 6.10. The van der Waals surface area contributed by atoms with E-state index in [9.17, 15) is 4.39 Å². The molecule has 1 aromatic rings. The molecule has 1 saturated carbocycles. The lowest BCUT2D eigenvalue weighted by atomic mass is 9.99. The highest BCUT2D eigenvalue weighted by Crippen LogP contribution is 2.36. The van der Waals surface area contributed by atoms with Crippen LogP contribution in [0.5, 0.6) is 0 Å². The van der Waals surface area contributed by atoms with Crippen molar-refractivity contribution in [3.63, 3.8) is 0 Å². The number of halogens is 2. The zero-order valence-corrected chi connectivity index (χ0v) is 11.9. The van der Waals surface area contributed by atoms with Crippen LogP contribution in [-0.4, -0.2) is 19.3 Å². The van der Waals surface area contributed by atoms with Crippen molar-refractivity contribution in [3.8, 4) is 0 Å². The zero-order chi connectivity index (χ0) is 13.1. The molecule has 3 nitrogen and oxygen atoms in total. The van der Waals surface area contributed by atoms with Gasteiger partial charge in [0.1, 0.15) is 5.82 Å². The van der Waals surface area contributed by atoms with Crippen molar-refractivity contribution in [2.45, 2.75) is 31.4 Å². The zero-order valence-electron chi connectivity index (χ0n) is 10.3. The highest BCUT2D eigenvalue weighted by Gasteiger charge is 2.36. The Balaban J connectivity index is 2.06. The molecule has 0 amide bonds. The summed E-state index contributed by atoms with van der Waals surface area (Å²) >= 11 is 3.20. The van der Waals surface area contributed by atoms with Gasteiger partial charge in [-0.25, -0.2) is 4.39 Å². The van der Waals surface area contributed by atoms with Gasteiger partial charge in [0.2, 0.25) is 0 Å². The van der Waals surface area contributed by atoms with Crippen LogP contribution in [0.1, 0.15) is 18.4 Å². The fourth-order valence-electron chi connectivity index (χ4n) is 2.30. The predicted molar refractivity (Wildman–Crippen MR) is 72.4 cm³/mol. The lowest BCUT2D eigenvalue weighted by Gasteiger charge is -2.25. The Morgan fingerprint density at radius 1 is 1.56 bits per heavy atom. The first-order valence-corrected chi connectivity index (χ1v) is 6.88. The summed E-state index contributed by atoms with van der Waals surface area (Å²) in [6.07, 6.45) is 3.25. The second-order valence-corrected chi connectivity index (χ2v) is 5.62. The van der Waals surface area contributed by atoms with Crippen LogP contribution in [0.4, 0.5) is 4.39 Å². The number of hydrazine groups is 1. The van der Waals surface area contributed by atoms with E-state index in [4.69, 9.17) is 10.6 Å². The van der Waals surface area contributed by atoms with E-state index in [1.165, 1.54) is 18.9 Å². The molecule has 2 unspecified atom stereocenters. The summed E-state index contributed by atoms with van der Waals surface area (Å²) in [6, 6.07) is 5.09. The molecule has 2 atom stereocenters. The highest BCUT2D eigenvalue weighted by atomic mass is 79.9. The molecule has 0 radical (unpaired) electrons. The Morgan fingerprint density at radius 3 is 2.78 bits per heavy atom. The lowest BCUT2D eigenvalue weighted by molar-refractivity contribution is 0.0511. The first-order chi connectivity index (χ1) is 8.65. The molecule has 1 aliphatic rings. The average molecular weight is 317 g/mol. The van der Waals surface area contributed by atoms with Gasteiger partial charge in [-0.1, -0.05) is 6.07 Å². The van der Waals surface area contributed by atoms with E-state index in [1.807, 2.05) is 0 Å². The molecule has 3 N–H and O–H groups in total. The minimum atomic E-state index is -0.249. The third-order valence-electron chi connectivity index (χ3n) is 3.41. The van der Waals surface area contributed by atoms with E-state index in [1.54, 1.807) is 19.2 Å². The summed E-state index contributed by atoms with van der Waals surface area (Å²) in [6.45, 7) is 0. The number of benzene rings is 1. The number of nitrogens with one attached hydrogen (secondary N) is 1. The molecule has 5 heteroatoms. The molecule has 0 heterocycles. The minimum Gasteiger partial charge on any atom is -0.379 e. The largest absolute Gasteiger partial charge is 0.379 e. The van der Waals surface area contributed by atoms with Crippen molar-refractivity contribution >= 4 is 15.9 Å². The molecule has 1 aromatic carbocycles. The first-order valence-electron chi connectivity index (χ1n) is 6.08. The lowest BCUT2D eigenvalue weighted by Crippen LogP contribution is -2.47. The summed E-state index contributed by atoms with van der Waals surface area (Å²) in [5.74, 6) is 5.96. The Bertz CT molecular complexity index is 412. The van der Waals surface area contributed by atoms with Gasteiger partial charge < -0.3 is 4.74 Å². The molecule has 2 rings (SSSR count). The summed E-state index contributed by atoms with van der Waals surface area (Å²) in [5, 5.41) is 0. The van der Waals surface area contributed by atoms with Crippen LogP contribution in [0, 0.1) is 11.7 Å². The van der Waals surface area contributed by atoms with Gasteiger partial charge in [-0.05, 0) is 58.8 Å². The summed E-state index contributed by atoms with van der Waals surface area (Å²) in [5.41, 5.74) is 3.86. The van der Waals surface area contributed by atoms with Gasteiger partial charge in [-0.3, -0.25) is 11.3 Å². The maximum absolute atomic E-state index is 13.2. The average Bonchev–Trinajstić information content (AvgIpc) is 3.18. The summed E-state index contributed by atoms with van der Waals surface area (Å²) < 4.78 is 19.2. The van der Waals surface area contributed by atoms with E-state index >= 15 is 0 Å². The molecule has 0 spiro atoms. The monoisotopic (exact) mass is 316 g/mol. The Kier molecular flexibility index (Phi) is 4.72. The third-order valence-corrected chi connectivity index (χ3v) is 4.02. The highest BCUT2D eigenvalue weighted by molar-refractivity contribution is 9.10. The van der Waals surface area contributed by atoms with Crippen LogP contribution in [0.3, 0.4) is 0 Å². The van der Waals surface area contributed by atoms with Gasteiger partial charge in [0.15, 0.2) is 0 Å². The molecular weight excluding hydrogens is 299 g/mol. The summed E-state index contributed by atoms with van der Waals surface area (Å²) in [7, 11) is 1.72. The van der Waals surface area contributed by atoms with E-state index < -0.39 is 0 Å². The second-order valence-electron chi connectivity index (χ2n) is 4.76. The molecule has 0 aliphatic heterocycles. The Labute approximate surface area is 115 Å². The van der Waals surface area contributed by atoms with Gasteiger partial charge in [0.25, 0.3) is 0 Å². The van der Waals surface area contributed by atoms with E-state index in [0.717, 1.165) is 12.0 Å². The van der Waals surface area contributed by atoms with Crippen molar-refractivity contribution < 1.29 is 9.13 Å². The van der Waals surface area contributed by atoms with E-state index in [-0.39, 0.29) is 18.0 Å². The SMILES string of the molecule is COC(C1CC1)C(Cc1ccc(F)c(Br)c1)NN. The van der Waals surface area contributed by atoms with Crippen molar-refractivity contribution in [2.75, 3.05) is 7.11 Å². The van der Waals surface area contributed by atoms with Crippen molar-refractivity contribution in [2.24, 2.45) is 11.8 Å². The first kappa shape index (κ1) is 13.9. The van der Waals surface area contributed by atoms with Crippen LogP contribution in [0.15, 0.2) is 22.7 Å². The molecule has 18 heavy (non-hydrogen) atoms. The van der Waals surface area contributed by atoms with Crippen LogP contribution in [0.25, 0.3) is 0 Å². The van der Waals surface area contributed by atoms with Crippen LogP contribution >= 0.6 is 15.9 Å². The quantitative estimate of drug-likeness (QED) is 0.626. The molecule has 0 saturated heterocycles. The molecule has 0 bridgehead atoms.